The Morgan fingerprint density at radius 2 is 2.04 bits per heavy atom. The van der Waals surface area contributed by atoms with E-state index in [1.165, 1.54) is 0 Å². The van der Waals surface area contributed by atoms with E-state index in [2.05, 4.69) is 10.3 Å². The van der Waals surface area contributed by atoms with Gasteiger partial charge >= 0.3 is 0 Å². The lowest BCUT2D eigenvalue weighted by molar-refractivity contribution is 0.0783. The molecule has 0 saturated carbocycles. The molecule has 0 aromatic heterocycles. The van der Waals surface area contributed by atoms with Crippen LogP contribution in [-0.4, -0.2) is 38.4 Å². The van der Waals surface area contributed by atoms with Crippen molar-refractivity contribution in [1.29, 1.82) is 0 Å². The maximum atomic E-state index is 5.88. The van der Waals surface area contributed by atoms with Crippen LogP contribution >= 0.6 is 24.0 Å². The molecule has 1 aromatic carbocycles. The Labute approximate surface area is 154 Å². The molecule has 7 heteroatoms. The topological polar surface area (TPSA) is 78.1 Å². The molecule has 0 radical (unpaired) electrons. The van der Waals surface area contributed by atoms with Crippen LogP contribution in [0.2, 0.25) is 0 Å². The van der Waals surface area contributed by atoms with E-state index in [0.717, 1.165) is 30.0 Å². The maximum Gasteiger partial charge on any atom is 0.193 e. The first kappa shape index (κ1) is 19.8. The van der Waals surface area contributed by atoms with E-state index >= 15 is 0 Å². The number of rotatable bonds is 6. The number of fused-ring (bicyclic) bond motifs is 1. The number of nitrogens with one attached hydrogen (secondary N) is 1. The number of guanidine groups is 1. The molecule has 1 aromatic rings. The highest BCUT2D eigenvalue weighted by Gasteiger charge is 2.10. The van der Waals surface area contributed by atoms with Gasteiger partial charge in [-0.1, -0.05) is 0 Å². The number of nitrogens with two attached hydrogens (primary N) is 1. The second-order valence-electron chi connectivity index (χ2n) is 5.38. The fourth-order valence-electron chi connectivity index (χ4n) is 2.01. The van der Waals surface area contributed by atoms with Crippen LogP contribution in [0.25, 0.3) is 0 Å². The molecule has 0 bridgehead atoms. The summed E-state index contributed by atoms with van der Waals surface area (Å²) in [4.78, 5) is 4.28. The molecule has 0 atom stereocenters. The van der Waals surface area contributed by atoms with Crippen LogP contribution in [0.5, 0.6) is 11.5 Å². The van der Waals surface area contributed by atoms with E-state index in [0.29, 0.717) is 32.3 Å². The second kappa shape index (κ2) is 10.5. The summed E-state index contributed by atoms with van der Waals surface area (Å²) < 4.78 is 16.7. The number of anilines is 1. The highest BCUT2D eigenvalue weighted by molar-refractivity contribution is 14.0. The van der Waals surface area contributed by atoms with Gasteiger partial charge in [0.05, 0.1) is 19.3 Å². The van der Waals surface area contributed by atoms with Gasteiger partial charge in [-0.25, -0.2) is 0 Å². The van der Waals surface area contributed by atoms with Crippen molar-refractivity contribution in [3.63, 3.8) is 0 Å². The smallest absolute Gasteiger partial charge is 0.193 e. The summed E-state index contributed by atoms with van der Waals surface area (Å²) in [5, 5.41) is 3.06. The van der Waals surface area contributed by atoms with Gasteiger partial charge in [0, 0.05) is 31.3 Å². The van der Waals surface area contributed by atoms with E-state index in [1.54, 1.807) is 0 Å². The van der Waals surface area contributed by atoms with Gasteiger partial charge in [0.2, 0.25) is 0 Å². The summed E-state index contributed by atoms with van der Waals surface area (Å²) in [6.07, 6.45) is 1.99. The number of nitrogens with zero attached hydrogens (tertiary/aromatic N) is 1. The average Bonchev–Trinajstić information content (AvgIpc) is 2.71. The Balaban J connectivity index is 0.00000264. The number of halogens is 1. The van der Waals surface area contributed by atoms with E-state index in [9.17, 15) is 0 Å². The van der Waals surface area contributed by atoms with Crippen molar-refractivity contribution >= 4 is 35.6 Å². The first-order valence-electron chi connectivity index (χ1n) is 7.73. The highest BCUT2D eigenvalue weighted by atomic mass is 127. The lowest BCUT2D eigenvalue weighted by atomic mass is 10.3. The van der Waals surface area contributed by atoms with Crippen LogP contribution in [0.3, 0.4) is 0 Å². The maximum absolute atomic E-state index is 5.88. The first-order chi connectivity index (χ1) is 10.6. The molecule has 23 heavy (non-hydrogen) atoms. The van der Waals surface area contributed by atoms with Gasteiger partial charge in [0.25, 0.3) is 0 Å². The van der Waals surface area contributed by atoms with Crippen LogP contribution in [-0.2, 0) is 4.74 Å². The van der Waals surface area contributed by atoms with Gasteiger partial charge in [0.1, 0.15) is 0 Å². The van der Waals surface area contributed by atoms with Crippen molar-refractivity contribution in [2.24, 2.45) is 10.7 Å². The van der Waals surface area contributed by atoms with E-state index in [-0.39, 0.29) is 30.1 Å². The molecule has 1 aliphatic heterocycles. The van der Waals surface area contributed by atoms with Crippen molar-refractivity contribution in [3.05, 3.63) is 18.2 Å². The van der Waals surface area contributed by atoms with Crippen molar-refractivity contribution in [1.82, 2.24) is 0 Å². The second-order valence-corrected chi connectivity index (χ2v) is 5.38. The molecule has 3 N–H and O–H groups in total. The average molecular weight is 435 g/mol. The fourth-order valence-corrected chi connectivity index (χ4v) is 2.01. The fraction of sp³-hybridized carbons (Fsp3) is 0.562. The Morgan fingerprint density at radius 3 is 2.78 bits per heavy atom. The number of hydrogen-bond acceptors (Lipinski definition) is 4. The molecule has 1 heterocycles. The molecular weight excluding hydrogens is 409 g/mol. The summed E-state index contributed by atoms with van der Waals surface area (Å²) in [6.45, 7) is 6.71. The third-order valence-corrected chi connectivity index (χ3v) is 3.06. The van der Waals surface area contributed by atoms with E-state index in [4.69, 9.17) is 19.9 Å². The van der Waals surface area contributed by atoms with Crippen LogP contribution in [0.4, 0.5) is 5.69 Å². The molecule has 0 saturated heterocycles. The molecule has 0 spiro atoms. The molecule has 6 nitrogen and oxygen atoms in total. The molecule has 0 aliphatic carbocycles. The van der Waals surface area contributed by atoms with Crippen molar-refractivity contribution in [2.45, 2.75) is 32.8 Å². The Morgan fingerprint density at radius 1 is 1.30 bits per heavy atom. The summed E-state index contributed by atoms with van der Waals surface area (Å²) in [7, 11) is 0. The molecule has 1 aliphatic rings. The van der Waals surface area contributed by atoms with E-state index in [1.807, 2.05) is 32.0 Å². The summed E-state index contributed by atoms with van der Waals surface area (Å²) in [5.41, 5.74) is 6.72. The van der Waals surface area contributed by atoms with Gasteiger partial charge in [-0.05, 0) is 32.4 Å². The van der Waals surface area contributed by atoms with Crippen molar-refractivity contribution < 1.29 is 14.2 Å². The SMILES string of the molecule is CC(C)OCCCN=C(N)Nc1ccc2c(c1)OCCCO2.I. The van der Waals surface area contributed by atoms with Gasteiger partial charge in [-0.2, -0.15) is 0 Å². The molecule has 130 valence electrons. The zero-order chi connectivity index (χ0) is 15.8. The predicted molar refractivity (Wildman–Crippen MR) is 103 cm³/mol. The Bertz CT molecular complexity index is 509. The van der Waals surface area contributed by atoms with Gasteiger partial charge in [-0.15, -0.1) is 24.0 Å². The zero-order valence-electron chi connectivity index (χ0n) is 13.7. The summed E-state index contributed by atoms with van der Waals surface area (Å²) >= 11 is 0. The Hall–Kier alpha value is -1.22. The van der Waals surface area contributed by atoms with Crippen molar-refractivity contribution in [3.8, 4) is 11.5 Å². The standard InChI is InChI=1S/C16H25N3O3.HI/c1-12(2)20-8-3-7-18-16(17)19-13-5-6-14-15(11-13)22-10-4-9-21-14;/h5-6,11-12H,3-4,7-10H2,1-2H3,(H3,17,18,19);1H. The number of hydrogen-bond donors (Lipinski definition) is 2. The van der Waals surface area contributed by atoms with Crippen molar-refractivity contribution in [2.75, 3.05) is 31.7 Å². The molecule has 2 rings (SSSR count). The lowest BCUT2D eigenvalue weighted by Gasteiger charge is -2.11. The number of benzene rings is 1. The summed E-state index contributed by atoms with van der Waals surface area (Å²) in [6, 6.07) is 5.66. The largest absolute Gasteiger partial charge is 0.490 e. The highest BCUT2D eigenvalue weighted by Crippen LogP contribution is 2.32. The lowest BCUT2D eigenvalue weighted by Crippen LogP contribution is -2.23. The van der Waals surface area contributed by atoms with Gasteiger partial charge < -0.3 is 25.3 Å². The molecular formula is C16H26IN3O3. The molecule has 0 unspecified atom stereocenters. The van der Waals surface area contributed by atoms with Crippen LogP contribution in [0.15, 0.2) is 23.2 Å². The zero-order valence-corrected chi connectivity index (χ0v) is 16.0. The predicted octanol–water partition coefficient (Wildman–Crippen LogP) is 3.01. The minimum Gasteiger partial charge on any atom is -0.490 e. The molecule has 0 amide bonds. The minimum absolute atomic E-state index is 0. The Kier molecular flexibility index (Phi) is 9.08. The third kappa shape index (κ3) is 7.26. The molecule has 0 fully saturated rings. The van der Waals surface area contributed by atoms with Gasteiger partial charge in [0.15, 0.2) is 17.5 Å². The van der Waals surface area contributed by atoms with E-state index < -0.39 is 0 Å². The normalized spacial score (nSPS) is 14.1. The quantitative estimate of drug-likeness (QED) is 0.311. The van der Waals surface area contributed by atoms with Gasteiger partial charge in [-0.3, -0.25) is 4.99 Å². The number of ether oxygens (including phenoxy) is 3. The first-order valence-corrected chi connectivity index (χ1v) is 7.73. The van der Waals surface area contributed by atoms with Crippen LogP contribution in [0, 0.1) is 0 Å². The number of aliphatic imine (C=N–C) groups is 1. The summed E-state index contributed by atoms with van der Waals surface area (Å²) in [5.74, 6) is 1.89. The monoisotopic (exact) mass is 435 g/mol. The van der Waals surface area contributed by atoms with Crippen LogP contribution in [0.1, 0.15) is 26.7 Å². The van der Waals surface area contributed by atoms with Crippen LogP contribution < -0.4 is 20.5 Å². The third-order valence-electron chi connectivity index (χ3n) is 3.06. The minimum atomic E-state index is 0.